The number of nitrogens with zero attached hydrogens (tertiary/aromatic N) is 1. The normalized spacial score (nSPS) is 10.9. The van der Waals surface area contributed by atoms with Gasteiger partial charge >= 0.3 is 0 Å². The van der Waals surface area contributed by atoms with Gasteiger partial charge in [0.15, 0.2) is 0 Å². The fourth-order valence-electron chi connectivity index (χ4n) is 0.718. The Balaban J connectivity index is 2.50. The molecule has 0 atom stereocenters. The van der Waals surface area contributed by atoms with E-state index in [-0.39, 0.29) is 0 Å². The minimum absolute atomic E-state index is 0.828. The molecule has 1 heterocycles. The fraction of sp³-hybridized carbons (Fsp3) is 0.429. The maximum Gasteiger partial charge on any atom is 0.0701 e. The van der Waals surface area contributed by atoms with Crippen LogP contribution < -0.4 is 0 Å². The first-order valence-electron chi connectivity index (χ1n) is 3.37. The van der Waals surface area contributed by atoms with Gasteiger partial charge in [-0.1, -0.05) is 6.92 Å². The molecule has 4 heteroatoms. The first kappa shape index (κ1) is 9.52. The maximum atomic E-state index is 5.83. The summed E-state index contributed by atoms with van der Waals surface area (Å²) in [5.41, 5.74) is 0. The molecule has 0 saturated carbocycles. The van der Waals surface area contributed by atoms with Crippen LogP contribution in [0.3, 0.4) is 0 Å². The monoisotopic (exact) mass is 253 g/mol. The lowest BCUT2D eigenvalue weighted by Gasteiger charge is -2.07. The van der Waals surface area contributed by atoms with Crippen LogP contribution in [-0.2, 0) is 6.54 Å². The van der Waals surface area contributed by atoms with Gasteiger partial charge in [0.2, 0.25) is 0 Å². The zero-order chi connectivity index (χ0) is 8.27. The minimum Gasteiger partial charge on any atom is -0.215 e. The summed E-state index contributed by atoms with van der Waals surface area (Å²) in [7, 11) is 0. The van der Waals surface area contributed by atoms with Gasteiger partial charge < -0.3 is 0 Å². The molecule has 1 rings (SSSR count). The lowest BCUT2D eigenvalue weighted by Crippen LogP contribution is -2.08. The van der Waals surface area contributed by atoms with E-state index in [2.05, 4.69) is 22.0 Å². The highest BCUT2D eigenvalue weighted by molar-refractivity contribution is 9.11. The van der Waals surface area contributed by atoms with Crippen LogP contribution in [0.1, 0.15) is 11.8 Å². The molecular weight excluding hydrogens is 246 g/mol. The Labute approximate surface area is 84.2 Å². The highest BCUT2D eigenvalue weighted by Gasteiger charge is 2.01. The standard InChI is InChI=1S/C7H9BrClNS/c1-2-10(9)5-6-3-4-7(8)11-6/h3-4H,2,5H2,1H3. The Morgan fingerprint density at radius 3 is 2.82 bits per heavy atom. The molecule has 0 aliphatic heterocycles. The summed E-state index contributed by atoms with van der Waals surface area (Å²) in [6.45, 7) is 3.74. The second kappa shape index (κ2) is 4.45. The Hall–Kier alpha value is 0.430. The van der Waals surface area contributed by atoms with Crippen LogP contribution in [0.4, 0.5) is 0 Å². The molecule has 1 nitrogen and oxygen atoms in total. The summed E-state index contributed by atoms with van der Waals surface area (Å²) in [5, 5.41) is 0. The Bertz CT molecular complexity index is 226. The van der Waals surface area contributed by atoms with Crippen molar-refractivity contribution in [2.24, 2.45) is 0 Å². The summed E-state index contributed by atoms with van der Waals surface area (Å²) in [5.74, 6) is 0. The summed E-state index contributed by atoms with van der Waals surface area (Å²) < 4.78 is 2.92. The molecule has 1 aromatic rings. The zero-order valence-electron chi connectivity index (χ0n) is 6.18. The van der Waals surface area contributed by atoms with Crippen LogP contribution in [0, 0.1) is 0 Å². The molecule has 0 bridgehead atoms. The van der Waals surface area contributed by atoms with Crippen LogP contribution in [0.25, 0.3) is 0 Å². The Morgan fingerprint density at radius 2 is 2.36 bits per heavy atom. The molecule has 0 N–H and O–H groups in total. The smallest absolute Gasteiger partial charge is 0.0701 e. The van der Waals surface area contributed by atoms with E-state index >= 15 is 0 Å². The zero-order valence-corrected chi connectivity index (χ0v) is 9.34. The van der Waals surface area contributed by atoms with Crippen molar-refractivity contribution in [2.75, 3.05) is 6.54 Å². The number of halogens is 2. The third-order valence-electron chi connectivity index (χ3n) is 1.30. The molecule has 0 amide bonds. The van der Waals surface area contributed by atoms with E-state index in [4.69, 9.17) is 11.8 Å². The van der Waals surface area contributed by atoms with Crippen LogP contribution >= 0.6 is 39.0 Å². The summed E-state index contributed by atoms with van der Waals surface area (Å²) in [6.07, 6.45) is 0. The lowest BCUT2D eigenvalue weighted by atomic mass is 10.4. The van der Waals surface area contributed by atoms with Crippen molar-refractivity contribution in [1.29, 1.82) is 0 Å². The number of thiophene rings is 1. The quantitative estimate of drug-likeness (QED) is 0.747. The molecule has 0 fully saturated rings. The van der Waals surface area contributed by atoms with Gasteiger partial charge in [-0.2, -0.15) is 0 Å². The Kier molecular flexibility index (Phi) is 3.85. The predicted octanol–water partition coefficient (Wildman–Crippen LogP) is 3.49. The SMILES string of the molecule is CCN(Cl)Cc1ccc(Br)s1. The van der Waals surface area contributed by atoms with Gasteiger partial charge in [-0.3, -0.25) is 0 Å². The number of hydrogen-bond donors (Lipinski definition) is 0. The molecule has 0 aromatic carbocycles. The first-order chi connectivity index (χ1) is 5.22. The molecule has 0 unspecified atom stereocenters. The predicted molar refractivity (Wildman–Crippen MR) is 54.0 cm³/mol. The van der Waals surface area contributed by atoms with Gasteiger partial charge in [0, 0.05) is 18.0 Å². The third-order valence-corrected chi connectivity index (χ3v) is 3.27. The van der Waals surface area contributed by atoms with E-state index in [1.807, 2.05) is 13.0 Å². The average Bonchev–Trinajstić information content (AvgIpc) is 2.35. The van der Waals surface area contributed by atoms with Crippen LogP contribution in [0.2, 0.25) is 0 Å². The number of rotatable bonds is 3. The van der Waals surface area contributed by atoms with Crippen molar-refractivity contribution in [3.63, 3.8) is 0 Å². The third kappa shape index (κ3) is 3.11. The van der Waals surface area contributed by atoms with Gasteiger partial charge in [-0.05, 0) is 39.8 Å². The summed E-state index contributed by atoms with van der Waals surface area (Å²) in [4.78, 5) is 1.29. The molecule has 0 radical (unpaired) electrons. The average molecular weight is 255 g/mol. The maximum absolute atomic E-state index is 5.83. The fourth-order valence-corrected chi connectivity index (χ4v) is 2.42. The Morgan fingerprint density at radius 1 is 1.64 bits per heavy atom. The van der Waals surface area contributed by atoms with Crippen molar-refractivity contribution in [3.05, 3.63) is 20.8 Å². The van der Waals surface area contributed by atoms with Crippen LogP contribution in [0.5, 0.6) is 0 Å². The number of hydrogen-bond acceptors (Lipinski definition) is 2. The van der Waals surface area contributed by atoms with E-state index < -0.39 is 0 Å². The van der Waals surface area contributed by atoms with Gasteiger partial charge in [-0.25, -0.2) is 4.42 Å². The summed E-state index contributed by atoms with van der Waals surface area (Å²) in [6, 6.07) is 4.13. The van der Waals surface area contributed by atoms with E-state index in [1.54, 1.807) is 15.8 Å². The molecule has 1 aromatic heterocycles. The highest BCUT2D eigenvalue weighted by atomic mass is 79.9. The van der Waals surface area contributed by atoms with E-state index in [9.17, 15) is 0 Å². The van der Waals surface area contributed by atoms with Crippen LogP contribution in [-0.4, -0.2) is 11.0 Å². The first-order valence-corrected chi connectivity index (χ1v) is 5.32. The second-order valence-electron chi connectivity index (χ2n) is 2.14. The van der Waals surface area contributed by atoms with Gasteiger partial charge in [0.05, 0.1) is 3.79 Å². The van der Waals surface area contributed by atoms with Gasteiger partial charge in [0.1, 0.15) is 0 Å². The lowest BCUT2D eigenvalue weighted by molar-refractivity contribution is 0.480. The molecule has 0 saturated heterocycles. The van der Waals surface area contributed by atoms with Crippen molar-refractivity contribution in [3.8, 4) is 0 Å². The van der Waals surface area contributed by atoms with Crippen molar-refractivity contribution in [1.82, 2.24) is 4.42 Å². The van der Waals surface area contributed by atoms with E-state index in [0.717, 1.165) is 16.9 Å². The molecular formula is C7H9BrClNS. The highest BCUT2D eigenvalue weighted by Crippen LogP contribution is 2.23. The molecule has 0 aliphatic carbocycles. The largest absolute Gasteiger partial charge is 0.215 e. The van der Waals surface area contributed by atoms with Crippen molar-refractivity contribution in [2.45, 2.75) is 13.5 Å². The molecule has 0 aliphatic rings. The van der Waals surface area contributed by atoms with Crippen LogP contribution in [0.15, 0.2) is 15.9 Å². The topological polar surface area (TPSA) is 3.24 Å². The van der Waals surface area contributed by atoms with E-state index in [0.29, 0.717) is 0 Å². The molecule has 62 valence electrons. The minimum atomic E-state index is 0.828. The molecule has 11 heavy (non-hydrogen) atoms. The molecule has 0 spiro atoms. The van der Waals surface area contributed by atoms with Gasteiger partial charge in [-0.15, -0.1) is 11.3 Å². The van der Waals surface area contributed by atoms with E-state index in [1.165, 1.54) is 4.88 Å². The van der Waals surface area contributed by atoms with Gasteiger partial charge in [0.25, 0.3) is 0 Å². The second-order valence-corrected chi connectivity index (χ2v) is 5.17. The van der Waals surface area contributed by atoms with Crippen molar-refractivity contribution < 1.29 is 0 Å². The summed E-state index contributed by atoms with van der Waals surface area (Å²) >= 11 is 11.0. The van der Waals surface area contributed by atoms with Crippen molar-refractivity contribution >= 4 is 39.0 Å².